The van der Waals surface area contributed by atoms with Crippen LogP contribution in [0.5, 0.6) is 5.75 Å². The quantitative estimate of drug-likeness (QED) is 0.370. The Morgan fingerprint density at radius 1 is 1.18 bits per heavy atom. The van der Waals surface area contributed by atoms with Gasteiger partial charge in [0.25, 0.3) is 5.91 Å². The second-order valence-corrected chi connectivity index (χ2v) is 8.79. The van der Waals surface area contributed by atoms with Crippen molar-refractivity contribution in [3.05, 3.63) is 59.9 Å². The molecule has 0 aliphatic carbocycles. The highest BCUT2D eigenvalue weighted by Crippen LogP contribution is 2.27. The molecule has 4 aromatic rings. The highest BCUT2D eigenvalue weighted by molar-refractivity contribution is 7.80. The number of anilines is 1. The Kier molecular flexibility index (Phi) is 6.95. The van der Waals surface area contributed by atoms with Crippen LogP contribution in [0.1, 0.15) is 43.4 Å². The molecule has 0 saturated heterocycles. The molecule has 0 saturated carbocycles. The van der Waals surface area contributed by atoms with Crippen LogP contribution >= 0.6 is 23.6 Å². The Morgan fingerprint density at radius 2 is 2.00 bits per heavy atom. The van der Waals surface area contributed by atoms with Gasteiger partial charge in [-0.15, -0.1) is 10.2 Å². The number of ether oxygens (including phenoxy) is 1. The fraction of sp³-hybridized carbons (Fsp3) is 0.261. The van der Waals surface area contributed by atoms with E-state index in [1.165, 1.54) is 11.3 Å². The van der Waals surface area contributed by atoms with Crippen LogP contribution < -0.4 is 15.4 Å². The highest BCUT2D eigenvalue weighted by atomic mass is 32.1. The zero-order valence-corrected chi connectivity index (χ0v) is 20.2. The number of benzene rings is 2. The Bertz CT molecular complexity index is 1300. The topological polar surface area (TPSA) is 93.4 Å². The summed E-state index contributed by atoms with van der Waals surface area (Å²) in [5.41, 5.74) is 2.13. The van der Waals surface area contributed by atoms with E-state index in [2.05, 4.69) is 25.9 Å². The smallest absolute Gasteiger partial charge is 0.257 e. The normalized spacial score (nSPS) is 11.8. The number of carbonyl (C=O) groups excluding carboxylic acids is 1. The Balaban J connectivity index is 1.43. The molecule has 1 unspecified atom stereocenters. The lowest BCUT2D eigenvalue weighted by Gasteiger charge is -2.14. The summed E-state index contributed by atoms with van der Waals surface area (Å²) in [4.78, 5) is 13.4. The molecule has 1 amide bonds. The number of thiocarbonyl (C=S) groups is 1. The van der Waals surface area contributed by atoms with Crippen molar-refractivity contribution in [1.29, 1.82) is 0 Å². The lowest BCUT2D eigenvalue weighted by Crippen LogP contribution is -2.34. The van der Waals surface area contributed by atoms with Crippen LogP contribution in [0.4, 0.5) is 5.69 Å². The SMILES string of the molecule is CCc1nnc2sc(-c3cccc(NC(=S)NC(=O)c4cccc(OC(C)CC)c4)c3)nn12. The highest BCUT2D eigenvalue weighted by Gasteiger charge is 2.13. The lowest BCUT2D eigenvalue weighted by molar-refractivity contribution is 0.0977. The van der Waals surface area contributed by atoms with Gasteiger partial charge < -0.3 is 10.1 Å². The summed E-state index contributed by atoms with van der Waals surface area (Å²) >= 11 is 6.82. The van der Waals surface area contributed by atoms with Crippen molar-refractivity contribution >= 4 is 45.2 Å². The van der Waals surface area contributed by atoms with Crippen molar-refractivity contribution in [3.8, 4) is 16.3 Å². The summed E-state index contributed by atoms with van der Waals surface area (Å²) in [5.74, 6) is 1.17. The van der Waals surface area contributed by atoms with E-state index in [4.69, 9.17) is 17.0 Å². The first kappa shape index (κ1) is 22.8. The number of fused-ring (bicyclic) bond motifs is 1. The number of aromatic nitrogens is 4. The molecule has 2 aromatic heterocycles. The van der Waals surface area contributed by atoms with Gasteiger partial charge in [-0.05, 0) is 55.9 Å². The summed E-state index contributed by atoms with van der Waals surface area (Å²) in [7, 11) is 0. The summed E-state index contributed by atoms with van der Waals surface area (Å²) in [6.45, 7) is 6.06. The second kappa shape index (κ2) is 10.1. The third-order valence-corrected chi connectivity index (χ3v) is 6.13. The molecule has 10 heteroatoms. The van der Waals surface area contributed by atoms with Gasteiger partial charge in [0.05, 0.1) is 6.10 Å². The van der Waals surface area contributed by atoms with Gasteiger partial charge in [0.15, 0.2) is 10.9 Å². The van der Waals surface area contributed by atoms with Crippen LogP contribution in [-0.2, 0) is 6.42 Å². The number of aryl methyl sites for hydroxylation is 1. The molecule has 4 rings (SSSR count). The van der Waals surface area contributed by atoms with Gasteiger partial charge in [0, 0.05) is 23.2 Å². The van der Waals surface area contributed by atoms with Gasteiger partial charge in [-0.3, -0.25) is 10.1 Å². The third kappa shape index (κ3) is 5.35. The first-order valence-corrected chi connectivity index (χ1v) is 11.9. The summed E-state index contributed by atoms with van der Waals surface area (Å²) < 4.78 is 7.57. The molecular weight excluding hydrogens is 456 g/mol. The number of nitrogens with one attached hydrogen (secondary N) is 2. The zero-order chi connectivity index (χ0) is 23.4. The Morgan fingerprint density at radius 3 is 2.79 bits per heavy atom. The second-order valence-electron chi connectivity index (χ2n) is 7.42. The maximum atomic E-state index is 12.7. The van der Waals surface area contributed by atoms with Gasteiger partial charge in [0.1, 0.15) is 10.8 Å². The average molecular weight is 481 g/mol. The molecule has 8 nitrogen and oxygen atoms in total. The maximum absolute atomic E-state index is 12.7. The molecule has 1 atom stereocenters. The van der Waals surface area contributed by atoms with Gasteiger partial charge >= 0.3 is 0 Å². The lowest BCUT2D eigenvalue weighted by atomic mass is 10.2. The molecule has 2 N–H and O–H groups in total. The van der Waals surface area contributed by atoms with Crippen molar-refractivity contribution in [2.45, 2.75) is 39.7 Å². The monoisotopic (exact) mass is 480 g/mol. The molecule has 0 spiro atoms. The van der Waals surface area contributed by atoms with Crippen molar-refractivity contribution in [2.75, 3.05) is 5.32 Å². The number of amides is 1. The van der Waals surface area contributed by atoms with Gasteiger partial charge in [-0.1, -0.05) is 43.4 Å². The Hall–Kier alpha value is -3.37. The fourth-order valence-corrected chi connectivity index (χ4v) is 4.15. The summed E-state index contributed by atoms with van der Waals surface area (Å²) in [5, 5.41) is 19.7. The van der Waals surface area contributed by atoms with E-state index >= 15 is 0 Å². The van der Waals surface area contributed by atoms with Crippen LogP contribution in [-0.4, -0.2) is 36.9 Å². The molecule has 33 heavy (non-hydrogen) atoms. The van der Waals surface area contributed by atoms with Crippen LogP contribution in [0.2, 0.25) is 0 Å². The number of hydrogen-bond donors (Lipinski definition) is 2. The molecule has 2 heterocycles. The minimum atomic E-state index is -0.306. The van der Waals surface area contributed by atoms with E-state index in [0.29, 0.717) is 11.3 Å². The first-order chi connectivity index (χ1) is 16.0. The molecule has 0 radical (unpaired) electrons. The molecule has 0 bridgehead atoms. The fourth-order valence-electron chi connectivity index (χ4n) is 3.09. The molecule has 0 fully saturated rings. The van der Waals surface area contributed by atoms with E-state index in [9.17, 15) is 4.79 Å². The van der Waals surface area contributed by atoms with Crippen LogP contribution in [0.25, 0.3) is 15.5 Å². The molecule has 170 valence electrons. The summed E-state index contributed by atoms with van der Waals surface area (Å²) in [6, 6.07) is 14.7. The van der Waals surface area contributed by atoms with Crippen LogP contribution in [0.3, 0.4) is 0 Å². The minimum absolute atomic E-state index is 0.0743. The molecular formula is C23H24N6O2S2. The number of rotatable bonds is 7. The zero-order valence-electron chi connectivity index (χ0n) is 18.5. The minimum Gasteiger partial charge on any atom is -0.491 e. The van der Waals surface area contributed by atoms with E-state index in [0.717, 1.165) is 39.9 Å². The largest absolute Gasteiger partial charge is 0.491 e. The van der Waals surface area contributed by atoms with Crippen LogP contribution in [0, 0.1) is 0 Å². The van der Waals surface area contributed by atoms with Gasteiger partial charge in [-0.25, -0.2) is 0 Å². The van der Waals surface area contributed by atoms with Crippen molar-refractivity contribution in [1.82, 2.24) is 25.1 Å². The number of carbonyl (C=O) groups is 1. The van der Waals surface area contributed by atoms with E-state index in [-0.39, 0.29) is 17.1 Å². The molecule has 0 aliphatic heterocycles. The van der Waals surface area contributed by atoms with Crippen molar-refractivity contribution < 1.29 is 9.53 Å². The van der Waals surface area contributed by atoms with Crippen molar-refractivity contribution in [2.24, 2.45) is 0 Å². The Labute approximate surface area is 201 Å². The standard InChI is InChI=1S/C23H24N6O2S2/c1-4-14(3)31-18-11-7-8-15(13-18)20(30)25-22(32)24-17-10-6-9-16(12-17)21-28-29-19(5-2)26-27-23(29)33-21/h6-14H,4-5H2,1-3H3,(H2,24,25,30,32). The van der Waals surface area contributed by atoms with Gasteiger partial charge in [0.2, 0.25) is 4.96 Å². The maximum Gasteiger partial charge on any atom is 0.257 e. The first-order valence-electron chi connectivity index (χ1n) is 10.7. The van der Waals surface area contributed by atoms with Crippen molar-refractivity contribution in [3.63, 3.8) is 0 Å². The van der Waals surface area contributed by atoms with E-state index in [1.807, 2.05) is 51.1 Å². The van der Waals surface area contributed by atoms with E-state index < -0.39 is 0 Å². The molecule has 0 aliphatic rings. The predicted octanol–water partition coefficient (Wildman–Crippen LogP) is 4.72. The molecule has 2 aromatic carbocycles. The van der Waals surface area contributed by atoms with Crippen LogP contribution in [0.15, 0.2) is 48.5 Å². The van der Waals surface area contributed by atoms with Gasteiger partial charge in [-0.2, -0.15) is 9.61 Å². The number of nitrogens with zero attached hydrogens (tertiary/aromatic N) is 4. The van der Waals surface area contributed by atoms with E-state index in [1.54, 1.807) is 22.7 Å². The average Bonchev–Trinajstić information content (AvgIpc) is 3.40. The third-order valence-electron chi connectivity index (χ3n) is 4.97. The summed E-state index contributed by atoms with van der Waals surface area (Å²) in [6.07, 6.45) is 1.71. The predicted molar refractivity (Wildman–Crippen MR) is 134 cm³/mol. The number of hydrogen-bond acceptors (Lipinski definition) is 7.